The first kappa shape index (κ1) is 13.1. The van der Waals surface area contributed by atoms with Gasteiger partial charge in [-0.15, -0.1) is 16.4 Å². The summed E-state index contributed by atoms with van der Waals surface area (Å²) in [5.74, 6) is 0. The van der Waals surface area contributed by atoms with Gasteiger partial charge in [0.2, 0.25) is 0 Å². The van der Waals surface area contributed by atoms with Crippen LogP contribution in [-0.4, -0.2) is 20.7 Å². The minimum atomic E-state index is -0.0915. The first-order valence-corrected chi connectivity index (χ1v) is 7.44. The molecule has 0 aliphatic heterocycles. The van der Waals surface area contributed by atoms with E-state index in [0.29, 0.717) is 24.8 Å². The highest BCUT2D eigenvalue weighted by Crippen LogP contribution is 2.17. The highest BCUT2D eigenvalue weighted by Gasteiger charge is 2.08. The Morgan fingerprint density at radius 2 is 2.25 bits per heavy atom. The molecule has 0 saturated heterocycles. The molecule has 0 fully saturated rings. The molecule has 5 nitrogen and oxygen atoms in total. The Morgan fingerprint density at radius 3 is 3.00 bits per heavy atom. The maximum Gasteiger partial charge on any atom is 0.350 e. The first-order valence-electron chi connectivity index (χ1n) is 6.57. The smallest absolute Gasteiger partial charge is 0.308 e. The number of fused-ring (bicyclic) bond motifs is 1. The van der Waals surface area contributed by atoms with Crippen LogP contribution in [0.3, 0.4) is 0 Å². The van der Waals surface area contributed by atoms with Crippen LogP contribution in [0.15, 0.2) is 46.7 Å². The van der Waals surface area contributed by atoms with Gasteiger partial charge in [-0.25, -0.2) is 9.48 Å². The van der Waals surface area contributed by atoms with Gasteiger partial charge in [0, 0.05) is 23.7 Å². The van der Waals surface area contributed by atoms with Crippen LogP contribution in [0.25, 0.3) is 5.65 Å². The summed E-state index contributed by atoms with van der Waals surface area (Å²) in [5.41, 5.74) is 0.593. The monoisotopic (exact) mass is 288 g/mol. The number of hydrogen-bond acceptors (Lipinski definition) is 4. The lowest BCUT2D eigenvalue weighted by Gasteiger charge is -2.11. The Balaban J connectivity index is 1.66. The molecule has 0 aliphatic carbocycles. The van der Waals surface area contributed by atoms with E-state index in [1.165, 1.54) is 9.56 Å². The number of rotatable bonds is 5. The summed E-state index contributed by atoms with van der Waals surface area (Å²) in [7, 11) is 0. The maximum atomic E-state index is 12.1. The van der Waals surface area contributed by atoms with E-state index in [1.807, 2.05) is 24.3 Å². The first-order chi connectivity index (χ1) is 9.75. The molecule has 3 heterocycles. The van der Waals surface area contributed by atoms with E-state index in [1.54, 1.807) is 21.9 Å². The van der Waals surface area contributed by atoms with Crippen molar-refractivity contribution >= 4 is 17.0 Å². The van der Waals surface area contributed by atoms with E-state index in [2.05, 4.69) is 28.8 Å². The van der Waals surface area contributed by atoms with Gasteiger partial charge >= 0.3 is 5.69 Å². The van der Waals surface area contributed by atoms with Crippen LogP contribution in [0.5, 0.6) is 0 Å². The lowest BCUT2D eigenvalue weighted by atomic mass is 10.3. The molecule has 0 spiro atoms. The molecule has 1 atom stereocenters. The van der Waals surface area contributed by atoms with Crippen LogP contribution in [0.1, 0.15) is 17.8 Å². The minimum Gasteiger partial charge on any atom is -0.308 e. The fourth-order valence-corrected chi connectivity index (χ4v) is 2.90. The Labute approximate surface area is 120 Å². The zero-order valence-corrected chi connectivity index (χ0v) is 12.0. The number of aromatic nitrogens is 3. The van der Waals surface area contributed by atoms with Crippen LogP contribution < -0.4 is 11.0 Å². The summed E-state index contributed by atoms with van der Waals surface area (Å²) in [6.45, 7) is 3.40. The SMILES string of the molecule is CC(NCCn1nc2ccccn2c1=O)c1cccs1. The maximum absolute atomic E-state index is 12.1. The number of thiophene rings is 1. The van der Waals surface area contributed by atoms with Crippen molar-refractivity contribution in [1.29, 1.82) is 0 Å². The lowest BCUT2D eigenvalue weighted by molar-refractivity contribution is 0.502. The highest BCUT2D eigenvalue weighted by molar-refractivity contribution is 7.10. The van der Waals surface area contributed by atoms with Gasteiger partial charge in [-0.1, -0.05) is 12.1 Å². The largest absolute Gasteiger partial charge is 0.350 e. The molecule has 0 bridgehead atoms. The van der Waals surface area contributed by atoms with E-state index in [-0.39, 0.29) is 5.69 Å². The average Bonchev–Trinajstić information content (AvgIpc) is 3.09. The molecule has 20 heavy (non-hydrogen) atoms. The number of nitrogens with one attached hydrogen (secondary N) is 1. The van der Waals surface area contributed by atoms with Gasteiger partial charge in [0.25, 0.3) is 0 Å². The molecule has 0 saturated carbocycles. The Morgan fingerprint density at radius 1 is 1.35 bits per heavy atom. The van der Waals surface area contributed by atoms with E-state index < -0.39 is 0 Å². The van der Waals surface area contributed by atoms with Crippen molar-refractivity contribution < 1.29 is 0 Å². The van der Waals surface area contributed by atoms with E-state index in [0.717, 1.165) is 0 Å². The van der Waals surface area contributed by atoms with Gasteiger partial charge in [-0.2, -0.15) is 0 Å². The Kier molecular flexibility index (Phi) is 3.66. The lowest BCUT2D eigenvalue weighted by Crippen LogP contribution is -2.28. The van der Waals surface area contributed by atoms with Gasteiger partial charge in [0.1, 0.15) is 0 Å². The van der Waals surface area contributed by atoms with Crippen LogP contribution in [0, 0.1) is 0 Å². The molecule has 0 aliphatic rings. The van der Waals surface area contributed by atoms with Gasteiger partial charge in [0.15, 0.2) is 5.65 Å². The van der Waals surface area contributed by atoms with E-state index in [4.69, 9.17) is 0 Å². The second-order valence-electron chi connectivity index (χ2n) is 4.63. The summed E-state index contributed by atoms with van der Waals surface area (Å²) in [6, 6.07) is 9.99. The predicted octanol–water partition coefficient (Wildman–Crippen LogP) is 1.91. The van der Waals surface area contributed by atoms with Crippen molar-refractivity contribution in [2.24, 2.45) is 0 Å². The van der Waals surface area contributed by atoms with Crippen molar-refractivity contribution in [2.75, 3.05) is 6.54 Å². The molecule has 1 unspecified atom stereocenters. The summed E-state index contributed by atoms with van der Waals surface area (Å²) < 4.78 is 3.06. The number of pyridine rings is 1. The standard InChI is InChI=1S/C14H16N4OS/c1-11(12-5-4-10-20-12)15-7-9-18-14(19)17-8-3-2-6-13(17)16-18/h2-6,8,10-11,15H,7,9H2,1H3. The third-order valence-corrected chi connectivity index (χ3v) is 4.29. The molecular formula is C14H16N4OS. The predicted molar refractivity (Wildman–Crippen MR) is 80.2 cm³/mol. The van der Waals surface area contributed by atoms with Crippen molar-refractivity contribution in [3.05, 3.63) is 57.3 Å². The van der Waals surface area contributed by atoms with Crippen LogP contribution in [-0.2, 0) is 6.54 Å². The fraction of sp³-hybridized carbons (Fsp3) is 0.286. The molecule has 6 heteroatoms. The quantitative estimate of drug-likeness (QED) is 0.780. The van der Waals surface area contributed by atoms with Crippen molar-refractivity contribution in [1.82, 2.24) is 19.5 Å². The third kappa shape index (κ3) is 2.52. The molecule has 0 radical (unpaired) electrons. The summed E-state index contributed by atoms with van der Waals surface area (Å²) in [4.78, 5) is 13.4. The second-order valence-corrected chi connectivity index (χ2v) is 5.61. The van der Waals surface area contributed by atoms with Gasteiger partial charge < -0.3 is 5.32 Å². The van der Waals surface area contributed by atoms with Crippen LogP contribution >= 0.6 is 11.3 Å². The zero-order chi connectivity index (χ0) is 13.9. The van der Waals surface area contributed by atoms with Crippen LogP contribution in [0.2, 0.25) is 0 Å². The zero-order valence-electron chi connectivity index (χ0n) is 11.2. The van der Waals surface area contributed by atoms with Gasteiger partial charge in [0.05, 0.1) is 6.54 Å². The number of nitrogens with zero attached hydrogens (tertiary/aromatic N) is 3. The third-order valence-electron chi connectivity index (χ3n) is 3.23. The highest BCUT2D eigenvalue weighted by atomic mass is 32.1. The van der Waals surface area contributed by atoms with Crippen LogP contribution in [0.4, 0.5) is 0 Å². The molecule has 3 aromatic rings. The average molecular weight is 288 g/mol. The molecule has 3 rings (SSSR count). The fourth-order valence-electron chi connectivity index (χ4n) is 2.14. The molecule has 0 aromatic carbocycles. The summed E-state index contributed by atoms with van der Waals surface area (Å²) in [5, 5.41) is 9.78. The van der Waals surface area contributed by atoms with Crippen molar-refractivity contribution in [2.45, 2.75) is 19.5 Å². The van der Waals surface area contributed by atoms with E-state index in [9.17, 15) is 4.79 Å². The molecular weight excluding hydrogens is 272 g/mol. The van der Waals surface area contributed by atoms with E-state index >= 15 is 0 Å². The van der Waals surface area contributed by atoms with Crippen molar-refractivity contribution in [3.63, 3.8) is 0 Å². The summed E-state index contributed by atoms with van der Waals surface area (Å²) >= 11 is 1.73. The Bertz CT molecular complexity index is 744. The normalized spacial score (nSPS) is 12.8. The van der Waals surface area contributed by atoms with Gasteiger partial charge in [-0.05, 0) is 30.5 Å². The minimum absolute atomic E-state index is 0.0915. The topological polar surface area (TPSA) is 51.3 Å². The number of hydrogen-bond donors (Lipinski definition) is 1. The second kappa shape index (κ2) is 5.60. The van der Waals surface area contributed by atoms with Crippen molar-refractivity contribution in [3.8, 4) is 0 Å². The Hall–Kier alpha value is -1.92. The molecule has 104 valence electrons. The molecule has 1 N–H and O–H groups in total. The summed E-state index contributed by atoms with van der Waals surface area (Å²) in [6.07, 6.45) is 1.74. The molecule has 3 aromatic heterocycles. The van der Waals surface area contributed by atoms with Gasteiger partial charge in [-0.3, -0.25) is 4.40 Å². The molecule has 0 amide bonds.